The van der Waals surface area contributed by atoms with Crippen LogP contribution < -0.4 is 15.6 Å². The molecule has 0 saturated heterocycles. The third kappa shape index (κ3) is 5.65. The number of anilines is 1. The average Bonchev–Trinajstić information content (AvgIpc) is 3.17. The monoisotopic (exact) mass is 483 g/mol. The van der Waals surface area contributed by atoms with Gasteiger partial charge in [0.1, 0.15) is 0 Å². The van der Waals surface area contributed by atoms with Crippen LogP contribution in [0.5, 0.6) is 0 Å². The number of aryl methyl sites for hydroxylation is 1. The van der Waals surface area contributed by atoms with Crippen molar-refractivity contribution in [3.8, 4) is 0 Å². The Kier molecular flexibility index (Phi) is 6.55. The molecule has 0 radical (unpaired) electrons. The Morgan fingerprint density at radius 3 is 2.25 bits per heavy atom. The molecule has 0 atom stereocenters. The van der Waals surface area contributed by atoms with Gasteiger partial charge in [-0.1, -0.05) is 12.1 Å². The van der Waals surface area contributed by atoms with Gasteiger partial charge in [-0.05, 0) is 55.5 Å². The van der Waals surface area contributed by atoms with Crippen LogP contribution in [0.3, 0.4) is 0 Å². The number of sulfonamides is 1. The largest absolute Gasteiger partial charge is 0.416 e. The molecule has 1 heterocycles. The summed E-state index contributed by atoms with van der Waals surface area (Å²) in [5.41, 5.74) is 3.04. The van der Waals surface area contributed by atoms with Crippen LogP contribution in [0.15, 0.2) is 65.6 Å². The molecule has 32 heavy (non-hydrogen) atoms. The van der Waals surface area contributed by atoms with Crippen LogP contribution in [0.1, 0.15) is 30.5 Å². The fourth-order valence-corrected chi connectivity index (χ4v) is 4.44. The number of hydrogen-bond acceptors (Lipinski definition) is 5. The van der Waals surface area contributed by atoms with Gasteiger partial charge >= 0.3 is 6.18 Å². The number of rotatable bonds is 5. The van der Waals surface area contributed by atoms with E-state index in [1.54, 1.807) is 12.1 Å². The Morgan fingerprint density at radius 1 is 0.906 bits per heavy atom. The lowest BCUT2D eigenvalue weighted by atomic mass is 10.2. The molecular weight excluding hydrogens is 467 g/mol. The number of nitrogens with one attached hydrogen (secondary N) is 3. The summed E-state index contributed by atoms with van der Waals surface area (Å²) in [5, 5.41) is 0. The highest BCUT2D eigenvalue weighted by molar-refractivity contribution is 7.92. The highest BCUT2D eigenvalue weighted by atomic mass is 32.2. The van der Waals surface area contributed by atoms with E-state index in [2.05, 4.69) is 15.6 Å². The van der Waals surface area contributed by atoms with Crippen LogP contribution in [-0.4, -0.2) is 20.2 Å². The van der Waals surface area contributed by atoms with Crippen molar-refractivity contribution < 1.29 is 31.2 Å². The maximum Gasteiger partial charge on any atom is 0.416 e. The van der Waals surface area contributed by atoms with Crippen molar-refractivity contribution in [3.63, 3.8) is 0 Å². The smallest absolute Gasteiger partial charge is 0.280 e. The molecule has 168 valence electrons. The molecule has 7 nitrogen and oxygen atoms in total. The predicted octanol–water partition coefficient (Wildman–Crippen LogP) is 3.95. The van der Waals surface area contributed by atoms with E-state index in [9.17, 15) is 31.2 Å². The van der Waals surface area contributed by atoms with Crippen molar-refractivity contribution in [2.24, 2.45) is 0 Å². The molecule has 0 aliphatic carbocycles. The summed E-state index contributed by atoms with van der Waals surface area (Å²) >= 11 is 1.23. The molecule has 1 aromatic heterocycles. The Bertz CT molecular complexity index is 1270. The van der Waals surface area contributed by atoms with E-state index >= 15 is 0 Å². The summed E-state index contributed by atoms with van der Waals surface area (Å²) in [6, 6.07) is 11.9. The van der Waals surface area contributed by atoms with Crippen molar-refractivity contribution >= 4 is 38.9 Å². The second kappa shape index (κ2) is 9.01. The molecule has 3 N–H and O–H groups in total. The zero-order valence-electron chi connectivity index (χ0n) is 16.4. The number of hydrogen-bond donors (Lipinski definition) is 3. The minimum Gasteiger partial charge on any atom is -0.280 e. The molecule has 3 rings (SSSR count). The van der Waals surface area contributed by atoms with E-state index in [1.165, 1.54) is 35.6 Å². The van der Waals surface area contributed by atoms with Gasteiger partial charge < -0.3 is 0 Å². The normalized spacial score (nSPS) is 11.6. The van der Waals surface area contributed by atoms with Gasteiger partial charge in [0.15, 0.2) is 0 Å². The maximum absolute atomic E-state index is 12.9. The number of carbonyl (C=O) groups is 2. The molecule has 0 saturated carbocycles. The van der Waals surface area contributed by atoms with Gasteiger partial charge in [0.25, 0.3) is 21.8 Å². The first-order chi connectivity index (χ1) is 15.0. The van der Waals surface area contributed by atoms with Gasteiger partial charge in [-0.2, -0.15) is 13.2 Å². The lowest BCUT2D eigenvalue weighted by Crippen LogP contribution is -2.41. The zero-order valence-corrected chi connectivity index (χ0v) is 18.0. The topological polar surface area (TPSA) is 104 Å². The Balaban J connectivity index is 1.73. The lowest BCUT2D eigenvalue weighted by Gasteiger charge is -2.12. The van der Waals surface area contributed by atoms with E-state index in [0.717, 1.165) is 23.1 Å². The van der Waals surface area contributed by atoms with E-state index in [1.807, 2.05) is 6.92 Å². The van der Waals surface area contributed by atoms with E-state index in [0.29, 0.717) is 10.9 Å². The molecule has 2 amide bonds. The predicted molar refractivity (Wildman–Crippen MR) is 113 cm³/mol. The highest BCUT2D eigenvalue weighted by Crippen LogP contribution is 2.31. The zero-order chi connectivity index (χ0) is 23.5. The third-order valence-electron chi connectivity index (χ3n) is 4.10. The van der Waals surface area contributed by atoms with Crippen molar-refractivity contribution in [2.75, 3.05) is 4.72 Å². The molecule has 0 fully saturated rings. The first-order valence-corrected chi connectivity index (χ1v) is 11.2. The van der Waals surface area contributed by atoms with Crippen molar-refractivity contribution in [1.29, 1.82) is 0 Å². The molecule has 12 heteroatoms. The van der Waals surface area contributed by atoms with Gasteiger partial charge in [0, 0.05) is 16.1 Å². The molecule has 3 aromatic rings. The molecule has 0 unspecified atom stereocenters. The lowest BCUT2D eigenvalue weighted by molar-refractivity contribution is -0.137. The molecule has 0 aliphatic rings. The van der Waals surface area contributed by atoms with Gasteiger partial charge in [0.05, 0.1) is 15.3 Å². The van der Waals surface area contributed by atoms with Gasteiger partial charge in [-0.15, -0.1) is 11.3 Å². The number of amides is 2. The van der Waals surface area contributed by atoms with Gasteiger partial charge in [0.2, 0.25) is 0 Å². The van der Waals surface area contributed by atoms with E-state index in [-0.39, 0.29) is 16.1 Å². The summed E-state index contributed by atoms with van der Waals surface area (Å²) in [5.74, 6) is -1.31. The number of alkyl halides is 3. The number of benzene rings is 2. The summed E-state index contributed by atoms with van der Waals surface area (Å²) in [7, 11) is -4.29. The van der Waals surface area contributed by atoms with Crippen LogP contribution in [0.4, 0.5) is 18.9 Å². The second-order valence-corrected chi connectivity index (χ2v) is 9.50. The van der Waals surface area contributed by atoms with Gasteiger partial charge in [-0.3, -0.25) is 25.2 Å². The van der Waals surface area contributed by atoms with E-state index in [4.69, 9.17) is 0 Å². The Morgan fingerprint density at radius 2 is 1.59 bits per heavy atom. The summed E-state index contributed by atoms with van der Waals surface area (Å²) in [4.78, 5) is 25.3. The quantitative estimate of drug-likeness (QED) is 0.478. The van der Waals surface area contributed by atoms with E-state index < -0.39 is 33.6 Å². The summed E-state index contributed by atoms with van der Waals surface area (Å²) in [6.07, 6.45) is -4.63. The number of carbonyl (C=O) groups excluding carboxylic acids is 2. The molecule has 0 spiro atoms. The van der Waals surface area contributed by atoms with Crippen molar-refractivity contribution in [2.45, 2.75) is 18.0 Å². The van der Waals surface area contributed by atoms with Crippen LogP contribution in [0, 0.1) is 6.92 Å². The number of hydrazine groups is 1. The first-order valence-electron chi connectivity index (χ1n) is 8.93. The minimum absolute atomic E-state index is 0.0837. The summed E-state index contributed by atoms with van der Waals surface area (Å²) in [6.45, 7) is 1.82. The second-order valence-electron chi connectivity index (χ2n) is 6.53. The van der Waals surface area contributed by atoms with Crippen LogP contribution in [0.25, 0.3) is 0 Å². The Labute approximate surface area is 185 Å². The molecule has 0 aliphatic heterocycles. The van der Waals surface area contributed by atoms with Crippen molar-refractivity contribution in [3.05, 3.63) is 81.5 Å². The highest BCUT2D eigenvalue weighted by Gasteiger charge is 2.30. The standard InChI is InChI=1S/C20H16F3N3O4S2/c1-12-8-9-17(31-12)19(28)25-24-18(27)13-4-2-7-16(10-13)32(29,30)26-15-6-3-5-14(11-15)20(21,22)23/h2-11,26H,1H3,(H,24,27)(H,25,28). The Hall–Kier alpha value is -3.38. The SMILES string of the molecule is Cc1ccc(C(=O)NNC(=O)c2cccc(S(=O)(=O)Nc3cccc(C(F)(F)F)c3)c2)s1. The number of thiophene rings is 1. The van der Waals surface area contributed by atoms with Crippen LogP contribution >= 0.6 is 11.3 Å². The molecular formula is C20H16F3N3O4S2. The van der Waals surface area contributed by atoms with Gasteiger partial charge in [-0.25, -0.2) is 8.42 Å². The summed E-state index contributed by atoms with van der Waals surface area (Å²) < 4.78 is 65.8. The average molecular weight is 483 g/mol. The third-order valence-corrected chi connectivity index (χ3v) is 6.48. The van der Waals surface area contributed by atoms with Crippen LogP contribution in [0.2, 0.25) is 0 Å². The van der Waals surface area contributed by atoms with Crippen LogP contribution in [-0.2, 0) is 16.2 Å². The number of halogens is 3. The maximum atomic E-state index is 12.9. The van der Waals surface area contributed by atoms with Crippen molar-refractivity contribution in [1.82, 2.24) is 10.9 Å². The first kappa shape index (κ1) is 23.3. The molecule has 2 aromatic carbocycles. The fourth-order valence-electron chi connectivity index (χ4n) is 2.58. The molecule has 0 bridgehead atoms. The fraction of sp³-hybridized carbons (Fsp3) is 0.100. The minimum atomic E-state index is -4.63.